The minimum Gasteiger partial charge on any atom is -0.463 e. The first-order valence-electron chi connectivity index (χ1n) is 9.02. The molecule has 9 nitrogen and oxygen atoms in total. The van der Waals surface area contributed by atoms with E-state index in [0.29, 0.717) is 36.0 Å². The average Bonchev–Trinajstić information content (AvgIpc) is 3.33. The van der Waals surface area contributed by atoms with E-state index in [-0.39, 0.29) is 35.7 Å². The number of nitrogens with two attached hydrogens (primary N) is 2. The molecule has 3 rings (SSSR count). The lowest BCUT2D eigenvalue weighted by atomic mass is 10.0. The van der Waals surface area contributed by atoms with Crippen molar-refractivity contribution in [1.82, 2.24) is 19.3 Å². The number of hydrogen-bond acceptors (Lipinski definition) is 6. The zero-order chi connectivity index (χ0) is 20.4. The quantitative estimate of drug-likeness (QED) is 0.600. The van der Waals surface area contributed by atoms with Gasteiger partial charge in [0.05, 0.1) is 6.26 Å². The smallest absolute Gasteiger partial charge is 0.271 e. The number of rotatable bonds is 7. The standard InChI is InChI=1S/C19H24N6O3.ClH/c1-11(2)12(20)6-7-24(3)19(27)14-9-13(15-5-4-8-28-15)23-18-16(17(21)26)22-10-25(14)18;/h4-5,8-12H,6-7,20H2,1-3H3,(H2,21,26);1H. The van der Waals surface area contributed by atoms with E-state index in [2.05, 4.69) is 9.97 Å². The van der Waals surface area contributed by atoms with Gasteiger partial charge >= 0.3 is 0 Å². The van der Waals surface area contributed by atoms with Gasteiger partial charge in [0.25, 0.3) is 11.8 Å². The number of primary amides is 1. The summed E-state index contributed by atoms with van der Waals surface area (Å²) in [7, 11) is 1.71. The number of aromatic nitrogens is 3. The Labute approximate surface area is 174 Å². The highest BCUT2D eigenvalue weighted by Gasteiger charge is 2.22. The second-order valence-electron chi connectivity index (χ2n) is 7.08. The van der Waals surface area contributed by atoms with Gasteiger partial charge in [0.15, 0.2) is 17.1 Å². The first kappa shape index (κ1) is 22.4. The van der Waals surface area contributed by atoms with Crippen LogP contribution in [0.4, 0.5) is 0 Å². The van der Waals surface area contributed by atoms with Crippen LogP contribution in [0, 0.1) is 5.92 Å². The lowest BCUT2D eigenvalue weighted by Gasteiger charge is -2.22. The molecule has 0 spiro atoms. The van der Waals surface area contributed by atoms with E-state index in [1.807, 2.05) is 13.8 Å². The molecule has 0 aliphatic carbocycles. The molecule has 0 saturated carbocycles. The number of carbonyl (C=O) groups is 2. The number of amides is 2. The Bertz CT molecular complexity index is 999. The van der Waals surface area contributed by atoms with Crippen molar-refractivity contribution in [2.24, 2.45) is 17.4 Å². The highest BCUT2D eigenvalue weighted by molar-refractivity contribution is 5.99. The van der Waals surface area contributed by atoms with Gasteiger partial charge in [-0.2, -0.15) is 0 Å². The lowest BCUT2D eigenvalue weighted by molar-refractivity contribution is 0.0781. The van der Waals surface area contributed by atoms with Gasteiger partial charge in [-0.15, -0.1) is 12.4 Å². The molecule has 29 heavy (non-hydrogen) atoms. The Hall–Kier alpha value is -2.91. The summed E-state index contributed by atoms with van der Waals surface area (Å²) in [5.41, 5.74) is 12.4. The molecule has 1 atom stereocenters. The van der Waals surface area contributed by atoms with Gasteiger partial charge in [-0.05, 0) is 30.5 Å². The third kappa shape index (κ3) is 4.57. The lowest BCUT2D eigenvalue weighted by Crippen LogP contribution is -2.35. The number of hydrogen-bond donors (Lipinski definition) is 2. The van der Waals surface area contributed by atoms with E-state index in [1.54, 1.807) is 30.1 Å². The van der Waals surface area contributed by atoms with E-state index in [1.165, 1.54) is 17.0 Å². The second kappa shape index (κ2) is 9.06. The molecule has 3 aromatic heterocycles. The van der Waals surface area contributed by atoms with Crippen LogP contribution in [0.2, 0.25) is 0 Å². The van der Waals surface area contributed by atoms with Crippen molar-refractivity contribution in [1.29, 1.82) is 0 Å². The van der Waals surface area contributed by atoms with E-state index in [0.717, 1.165) is 0 Å². The number of nitrogens with zero attached hydrogens (tertiary/aromatic N) is 4. The fourth-order valence-corrected chi connectivity index (χ4v) is 2.83. The van der Waals surface area contributed by atoms with Crippen LogP contribution in [-0.4, -0.2) is 50.7 Å². The predicted octanol–water partition coefficient (Wildman–Crippen LogP) is 1.96. The maximum atomic E-state index is 13.1. The molecule has 1 unspecified atom stereocenters. The summed E-state index contributed by atoms with van der Waals surface area (Å²) in [5, 5.41) is 0. The highest BCUT2D eigenvalue weighted by atomic mass is 35.5. The first-order chi connectivity index (χ1) is 13.3. The maximum absolute atomic E-state index is 13.1. The third-order valence-corrected chi connectivity index (χ3v) is 4.73. The van der Waals surface area contributed by atoms with Crippen LogP contribution in [0.3, 0.4) is 0 Å². The molecule has 0 aliphatic heterocycles. The minimum atomic E-state index is -0.721. The summed E-state index contributed by atoms with van der Waals surface area (Å²) in [4.78, 5) is 34.8. The maximum Gasteiger partial charge on any atom is 0.271 e. The van der Waals surface area contributed by atoms with Gasteiger partial charge in [-0.25, -0.2) is 9.97 Å². The van der Waals surface area contributed by atoms with Crippen LogP contribution in [-0.2, 0) is 0 Å². The largest absolute Gasteiger partial charge is 0.463 e. The van der Waals surface area contributed by atoms with Crippen LogP contribution in [0.15, 0.2) is 35.2 Å². The summed E-state index contributed by atoms with van der Waals surface area (Å²) in [6.07, 6.45) is 3.55. The molecule has 0 fully saturated rings. The van der Waals surface area contributed by atoms with Crippen molar-refractivity contribution in [3.8, 4) is 11.5 Å². The zero-order valence-electron chi connectivity index (χ0n) is 16.5. The molecule has 0 aromatic carbocycles. The molecule has 0 aliphatic rings. The molecule has 10 heteroatoms. The normalized spacial score (nSPS) is 12.0. The molecule has 0 bridgehead atoms. The molecule has 2 amide bonds. The Morgan fingerprint density at radius 1 is 1.34 bits per heavy atom. The van der Waals surface area contributed by atoms with Crippen LogP contribution in [0.5, 0.6) is 0 Å². The summed E-state index contributed by atoms with van der Waals surface area (Å²) in [6, 6.07) is 5.05. The van der Waals surface area contributed by atoms with Crippen molar-refractivity contribution < 1.29 is 14.0 Å². The Morgan fingerprint density at radius 3 is 2.66 bits per heavy atom. The molecule has 3 aromatic rings. The Balaban J connectivity index is 0.00000300. The monoisotopic (exact) mass is 420 g/mol. The van der Waals surface area contributed by atoms with E-state index < -0.39 is 5.91 Å². The fourth-order valence-electron chi connectivity index (χ4n) is 2.83. The Morgan fingerprint density at radius 2 is 2.07 bits per heavy atom. The SMILES string of the molecule is CC(C)C(N)CCN(C)C(=O)c1cc(-c2ccco2)nc2c(C(N)=O)ncn12.Cl. The van der Waals surface area contributed by atoms with Crippen LogP contribution < -0.4 is 11.5 Å². The number of furan rings is 1. The molecule has 156 valence electrons. The topological polar surface area (TPSA) is 133 Å². The summed E-state index contributed by atoms with van der Waals surface area (Å²) in [5.74, 6) is -0.169. The number of fused-ring (bicyclic) bond motifs is 1. The molecular formula is C19H25ClN6O3. The van der Waals surface area contributed by atoms with E-state index in [9.17, 15) is 9.59 Å². The van der Waals surface area contributed by atoms with Gasteiger partial charge < -0.3 is 20.8 Å². The number of halogens is 1. The van der Waals surface area contributed by atoms with Crippen molar-refractivity contribution >= 4 is 29.9 Å². The van der Waals surface area contributed by atoms with Crippen molar-refractivity contribution in [2.45, 2.75) is 26.3 Å². The Kier molecular flexibility index (Phi) is 6.99. The van der Waals surface area contributed by atoms with Gasteiger partial charge in [0, 0.05) is 19.6 Å². The van der Waals surface area contributed by atoms with Crippen molar-refractivity contribution in [3.05, 3.63) is 42.2 Å². The highest BCUT2D eigenvalue weighted by Crippen LogP contribution is 2.22. The summed E-state index contributed by atoms with van der Waals surface area (Å²) < 4.78 is 6.86. The summed E-state index contributed by atoms with van der Waals surface area (Å²) in [6.45, 7) is 4.59. The number of carbonyl (C=O) groups excluding carboxylic acids is 2. The second-order valence-corrected chi connectivity index (χ2v) is 7.08. The molecule has 4 N–H and O–H groups in total. The van der Waals surface area contributed by atoms with Gasteiger partial charge in [-0.1, -0.05) is 13.8 Å². The summed E-state index contributed by atoms with van der Waals surface area (Å²) >= 11 is 0. The van der Waals surface area contributed by atoms with Gasteiger partial charge in [-0.3, -0.25) is 14.0 Å². The van der Waals surface area contributed by atoms with Crippen molar-refractivity contribution in [3.63, 3.8) is 0 Å². The molecule has 0 radical (unpaired) electrons. The van der Waals surface area contributed by atoms with E-state index in [4.69, 9.17) is 15.9 Å². The van der Waals surface area contributed by atoms with Crippen molar-refractivity contribution in [2.75, 3.05) is 13.6 Å². The number of imidazole rings is 1. The molecule has 3 heterocycles. The minimum absolute atomic E-state index is 0. The molecule has 0 saturated heterocycles. The van der Waals surface area contributed by atoms with E-state index >= 15 is 0 Å². The first-order valence-corrected chi connectivity index (χ1v) is 9.02. The third-order valence-electron chi connectivity index (χ3n) is 4.73. The average molecular weight is 421 g/mol. The van der Waals surface area contributed by atoms with Gasteiger partial charge in [0.2, 0.25) is 0 Å². The fraction of sp³-hybridized carbons (Fsp3) is 0.368. The molecular weight excluding hydrogens is 396 g/mol. The van der Waals surface area contributed by atoms with Crippen LogP contribution >= 0.6 is 12.4 Å². The predicted molar refractivity (Wildman–Crippen MR) is 111 cm³/mol. The van der Waals surface area contributed by atoms with Gasteiger partial charge in [0.1, 0.15) is 17.7 Å². The van der Waals surface area contributed by atoms with Crippen LogP contribution in [0.25, 0.3) is 17.1 Å². The van der Waals surface area contributed by atoms with Crippen LogP contribution in [0.1, 0.15) is 41.2 Å². The zero-order valence-corrected chi connectivity index (χ0v) is 17.3.